The summed E-state index contributed by atoms with van der Waals surface area (Å²) < 4.78 is 0. The van der Waals surface area contributed by atoms with E-state index in [1.165, 1.54) is 25.9 Å². The van der Waals surface area contributed by atoms with Crippen molar-refractivity contribution < 1.29 is 0 Å². The van der Waals surface area contributed by atoms with E-state index in [1.54, 1.807) is 0 Å². The first-order chi connectivity index (χ1) is 4.76. The van der Waals surface area contributed by atoms with Crippen LogP contribution in [0.4, 0.5) is 0 Å². The Kier molecular flexibility index (Phi) is 1.31. The van der Waals surface area contributed by atoms with Gasteiger partial charge in [0.2, 0.25) is 0 Å². The summed E-state index contributed by atoms with van der Waals surface area (Å²) in [7, 11) is 0. The number of hydrogen-bond donors (Lipinski definition) is 1. The zero-order valence-electron chi connectivity index (χ0n) is 6.98. The molecule has 2 fully saturated rings. The molecule has 0 aromatic heterocycles. The summed E-state index contributed by atoms with van der Waals surface area (Å²) in [4.78, 5) is 0. The van der Waals surface area contributed by atoms with Crippen LogP contribution in [0.5, 0.6) is 0 Å². The Balaban J connectivity index is 2.05. The fourth-order valence-electron chi connectivity index (χ4n) is 2.57. The molecule has 0 aromatic carbocycles. The van der Waals surface area contributed by atoms with E-state index < -0.39 is 0 Å². The lowest BCUT2D eigenvalue weighted by molar-refractivity contribution is 0.264. The molecule has 1 heteroatoms. The standard InChI is InChI=1S/C9H17N/c1-7(2)9-3-4-10-6-8(9)5-9/h7-8,10H,3-6H2,1-2H3. The zero-order chi connectivity index (χ0) is 7.19. The van der Waals surface area contributed by atoms with Crippen molar-refractivity contribution in [1.82, 2.24) is 5.32 Å². The molecular formula is C9H17N. The van der Waals surface area contributed by atoms with Gasteiger partial charge in [-0.25, -0.2) is 0 Å². The first-order valence-corrected chi connectivity index (χ1v) is 4.46. The maximum Gasteiger partial charge on any atom is -0.00149 e. The lowest BCUT2D eigenvalue weighted by atomic mass is 9.85. The second kappa shape index (κ2) is 1.97. The molecule has 0 amide bonds. The molecule has 0 radical (unpaired) electrons. The highest BCUT2D eigenvalue weighted by Gasteiger charge is 2.56. The van der Waals surface area contributed by atoms with E-state index in [0.717, 1.165) is 17.3 Å². The van der Waals surface area contributed by atoms with Crippen LogP contribution in [0.3, 0.4) is 0 Å². The van der Waals surface area contributed by atoms with Gasteiger partial charge in [0.1, 0.15) is 0 Å². The van der Waals surface area contributed by atoms with Crippen LogP contribution in [0.15, 0.2) is 0 Å². The number of hydrogen-bond acceptors (Lipinski definition) is 1. The van der Waals surface area contributed by atoms with Crippen LogP contribution in [0, 0.1) is 17.3 Å². The molecule has 10 heavy (non-hydrogen) atoms. The van der Waals surface area contributed by atoms with Gasteiger partial charge in [-0.1, -0.05) is 13.8 Å². The second-order valence-electron chi connectivity index (χ2n) is 4.24. The number of fused-ring (bicyclic) bond motifs is 1. The molecular weight excluding hydrogens is 122 g/mol. The number of nitrogens with one attached hydrogen (secondary N) is 1. The average molecular weight is 139 g/mol. The van der Waals surface area contributed by atoms with Gasteiger partial charge in [-0.2, -0.15) is 0 Å². The molecule has 2 atom stereocenters. The smallest absolute Gasteiger partial charge is 0.00149 e. The molecule has 1 saturated heterocycles. The Morgan fingerprint density at radius 3 is 2.80 bits per heavy atom. The second-order valence-corrected chi connectivity index (χ2v) is 4.24. The summed E-state index contributed by atoms with van der Waals surface area (Å²) in [6.45, 7) is 7.31. The van der Waals surface area contributed by atoms with Crippen molar-refractivity contribution in [3.8, 4) is 0 Å². The first-order valence-electron chi connectivity index (χ1n) is 4.46. The van der Waals surface area contributed by atoms with Crippen LogP contribution in [-0.4, -0.2) is 13.1 Å². The van der Waals surface area contributed by atoms with Gasteiger partial charge < -0.3 is 5.32 Å². The van der Waals surface area contributed by atoms with Gasteiger partial charge in [0.05, 0.1) is 0 Å². The Labute approximate surface area is 63.2 Å². The van der Waals surface area contributed by atoms with Crippen LogP contribution in [0.25, 0.3) is 0 Å². The maximum absolute atomic E-state index is 3.46. The molecule has 1 aliphatic heterocycles. The normalized spacial score (nSPS) is 45.3. The summed E-state index contributed by atoms with van der Waals surface area (Å²) in [6, 6.07) is 0. The number of rotatable bonds is 1. The molecule has 2 rings (SSSR count). The Morgan fingerprint density at radius 2 is 2.30 bits per heavy atom. The maximum atomic E-state index is 3.46. The molecule has 1 aliphatic carbocycles. The minimum atomic E-state index is 0.783. The molecule has 0 bridgehead atoms. The van der Waals surface area contributed by atoms with Gasteiger partial charge in [0, 0.05) is 0 Å². The van der Waals surface area contributed by atoms with Crippen molar-refractivity contribution in [2.75, 3.05) is 13.1 Å². The van der Waals surface area contributed by atoms with E-state index in [2.05, 4.69) is 19.2 Å². The molecule has 1 nitrogen and oxygen atoms in total. The predicted octanol–water partition coefficient (Wildman–Crippen LogP) is 1.64. The quantitative estimate of drug-likeness (QED) is 0.582. The Bertz CT molecular complexity index is 142. The minimum absolute atomic E-state index is 0.783. The highest BCUT2D eigenvalue weighted by atomic mass is 14.9. The molecule has 1 N–H and O–H groups in total. The number of piperidine rings is 1. The summed E-state index contributed by atoms with van der Waals surface area (Å²) in [6.07, 6.45) is 2.92. The van der Waals surface area contributed by atoms with Crippen LogP contribution in [0.1, 0.15) is 26.7 Å². The van der Waals surface area contributed by atoms with Gasteiger partial charge >= 0.3 is 0 Å². The van der Waals surface area contributed by atoms with Crippen molar-refractivity contribution in [1.29, 1.82) is 0 Å². The zero-order valence-corrected chi connectivity index (χ0v) is 6.98. The van der Waals surface area contributed by atoms with Crippen molar-refractivity contribution in [3.63, 3.8) is 0 Å². The van der Waals surface area contributed by atoms with E-state index in [0.29, 0.717) is 0 Å². The SMILES string of the molecule is CC(C)C12CCNCC1C2. The highest BCUT2D eigenvalue weighted by Crippen LogP contribution is 2.60. The van der Waals surface area contributed by atoms with Crippen molar-refractivity contribution in [2.45, 2.75) is 26.7 Å². The topological polar surface area (TPSA) is 12.0 Å². The average Bonchev–Trinajstić information content (AvgIpc) is 2.61. The van der Waals surface area contributed by atoms with E-state index in [4.69, 9.17) is 0 Å². The van der Waals surface area contributed by atoms with E-state index >= 15 is 0 Å². The van der Waals surface area contributed by atoms with E-state index in [1.807, 2.05) is 0 Å². The van der Waals surface area contributed by atoms with Gasteiger partial charge in [-0.05, 0) is 43.2 Å². The first kappa shape index (κ1) is 6.66. The van der Waals surface area contributed by atoms with Crippen LogP contribution >= 0.6 is 0 Å². The summed E-state index contributed by atoms with van der Waals surface area (Å²) in [5, 5.41) is 3.46. The summed E-state index contributed by atoms with van der Waals surface area (Å²) >= 11 is 0. The minimum Gasteiger partial charge on any atom is -0.316 e. The fourth-order valence-corrected chi connectivity index (χ4v) is 2.57. The summed E-state index contributed by atoms with van der Waals surface area (Å²) in [5.74, 6) is 1.95. The van der Waals surface area contributed by atoms with Gasteiger partial charge in [-0.15, -0.1) is 0 Å². The Hall–Kier alpha value is -0.0400. The molecule has 1 saturated carbocycles. The van der Waals surface area contributed by atoms with Crippen molar-refractivity contribution in [2.24, 2.45) is 17.3 Å². The third-order valence-corrected chi connectivity index (χ3v) is 3.59. The fraction of sp³-hybridized carbons (Fsp3) is 1.00. The van der Waals surface area contributed by atoms with E-state index in [9.17, 15) is 0 Å². The third-order valence-electron chi connectivity index (χ3n) is 3.59. The molecule has 2 unspecified atom stereocenters. The van der Waals surface area contributed by atoms with Gasteiger partial charge in [-0.3, -0.25) is 0 Å². The lowest BCUT2D eigenvalue weighted by Gasteiger charge is -2.26. The Morgan fingerprint density at radius 1 is 1.50 bits per heavy atom. The molecule has 0 aromatic rings. The largest absolute Gasteiger partial charge is 0.316 e. The van der Waals surface area contributed by atoms with E-state index in [-0.39, 0.29) is 0 Å². The van der Waals surface area contributed by atoms with Crippen LogP contribution in [-0.2, 0) is 0 Å². The molecule has 58 valence electrons. The monoisotopic (exact) mass is 139 g/mol. The lowest BCUT2D eigenvalue weighted by Crippen LogP contribution is -2.31. The predicted molar refractivity (Wildman–Crippen MR) is 42.9 cm³/mol. The highest BCUT2D eigenvalue weighted by molar-refractivity contribution is 5.07. The van der Waals surface area contributed by atoms with Gasteiger partial charge in [0.15, 0.2) is 0 Å². The van der Waals surface area contributed by atoms with Gasteiger partial charge in [0.25, 0.3) is 0 Å². The molecule has 1 heterocycles. The van der Waals surface area contributed by atoms with Crippen molar-refractivity contribution >= 4 is 0 Å². The van der Waals surface area contributed by atoms with Crippen LogP contribution in [0.2, 0.25) is 0 Å². The third kappa shape index (κ3) is 0.731. The van der Waals surface area contributed by atoms with Crippen molar-refractivity contribution in [3.05, 3.63) is 0 Å². The molecule has 0 spiro atoms. The summed E-state index contributed by atoms with van der Waals surface area (Å²) in [5.41, 5.74) is 0.783. The molecule has 2 aliphatic rings. The van der Waals surface area contributed by atoms with Crippen LogP contribution < -0.4 is 5.32 Å².